The van der Waals surface area contributed by atoms with E-state index >= 15 is 0 Å². The van der Waals surface area contributed by atoms with Crippen molar-refractivity contribution in [1.29, 1.82) is 0 Å². The van der Waals surface area contributed by atoms with E-state index in [0.29, 0.717) is 6.54 Å². The molecule has 6 heteroatoms. The molecule has 1 fully saturated rings. The smallest absolute Gasteiger partial charge is 0.292 e. The van der Waals surface area contributed by atoms with E-state index < -0.39 is 23.9 Å². The Morgan fingerprint density at radius 3 is 2.29 bits per heavy atom. The molecule has 1 aliphatic rings. The number of aliphatic hydroxyl groups is 1. The molecule has 1 heterocycles. The standard InChI is InChI=1S/C11H12F3NO.ClH/c12-9-3-1-8(2-4-9)10(16)5-6-15-7-11(10,13)14;/h1-4,15-16H,5-7H2;1H. The summed E-state index contributed by atoms with van der Waals surface area (Å²) in [6.45, 7) is -0.260. The number of piperidine rings is 1. The fourth-order valence-corrected chi connectivity index (χ4v) is 1.92. The first-order valence-electron chi connectivity index (χ1n) is 5.03. The van der Waals surface area contributed by atoms with E-state index in [-0.39, 0.29) is 24.4 Å². The summed E-state index contributed by atoms with van der Waals surface area (Å²) in [5.41, 5.74) is -2.15. The Bertz CT molecular complexity index is 385. The van der Waals surface area contributed by atoms with Crippen molar-refractivity contribution < 1.29 is 18.3 Å². The van der Waals surface area contributed by atoms with Crippen molar-refractivity contribution in [2.75, 3.05) is 13.1 Å². The number of alkyl halides is 2. The van der Waals surface area contributed by atoms with Gasteiger partial charge in [0.2, 0.25) is 0 Å². The quantitative estimate of drug-likeness (QED) is 0.816. The van der Waals surface area contributed by atoms with Gasteiger partial charge in [-0.05, 0) is 30.7 Å². The SMILES string of the molecule is Cl.OC1(c2ccc(F)cc2)CCNCC1(F)F. The van der Waals surface area contributed by atoms with Crippen LogP contribution in [0.4, 0.5) is 13.2 Å². The predicted octanol–water partition coefficient (Wildman–Crippen LogP) is 2.06. The second-order valence-corrected chi connectivity index (χ2v) is 4.00. The Morgan fingerprint density at radius 1 is 1.18 bits per heavy atom. The summed E-state index contributed by atoms with van der Waals surface area (Å²) < 4.78 is 40.0. The van der Waals surface area contributed by atoms with Crippen molar-refractivity contribution in [2.24, 2.45) is 0 Å². The number of halogens is 4. The largest absolute Gasteiger partial charge is 0.379 e. The molecule has 1 aliphatic heterocycles. The molecule has 17 heavy (non-hydrogen) atoms. The molecule has 1 atom stereocenters. The minimum Gasteiger partial charge on any atom is -0.379 e. The van der Waals surface area contributed by atoms with Crippen molar-refractivity contribution >= 4 is 12.4 Å². The van der Waals surface area contributed by atoms with Crippen LogP contribution < -0.4 is 5.32 Å². The average Bonchev–Trinajstić information content (AvgIpc) is 2.23. The van der Waals surface area contributed by atoms with E-state index in [0.717, 1.165) is 12.1 Å². The van der Waals surface area contributed by atoms with Crippen LogP contribution in [0, 0.1) is 5.82 Å². The summed E-state index contributed by atoms with van der Waals surface area (Å²) in [6.07, 6.45) is -0.0916. The summed E-state index contributed by atoms with van der Waals surface area (Å²) in [7, 11) is 0. The number of hydrogen-bond acceptors (Lipinski definition) is 2. The lowest BCUT2D eigenvalue weighted by molar-refractivity contribution is -0.200. The van der Waals surface area contributed by atoms with Crippen LogP contribution in [0.2, 0.25) is 0 Å². The molecule has 0 aromatic heterocycles. The normalized spacial score (nSPS) is 27.3. The van der Waals surface area contributed by atoms with Crippen molar-refractivity contribution in [3.63, 3.8) is 0 Å². The van der Waals surface area contributed by atoms with E-state index in [2.05, 4.69) is 5.32 Å². The van der Waals surface area contributed by atoms with Crippen LogP contribution in [-0.4, -0.2) is 24.1 Å². The molecule has 1 aromatic rings. The molecule has 0 bridgehead atoms. The van der Waals surface area contributed by atoms with Crippen molar-refractivity contribution in [1.82, 2.24) is 5.32 Å². The minimum atomic E-state index is -3.25. The molecule has 0 spiro atoms. The topological polar surface area (TPSA) is 32.3 Å². The Hall–Kier alpha value is -0.780. The summed E-state index contributed by atoms with van der Waals surface area (Å²) in [5, 5.41) is 12.6. The van der Waals surface area contributed by atoms with E-state index in [4.69, 9.17) is 0 Å². The van der Waals surface area contributed by atoms with Crippen LogP contribution >= 0.6 is 12.4 Å². The van der Waals surface area contributed by atoms with Gasteiger partial charge in [0.25, 0.3) is 5.92 Å². The Kier molecular flexibility index (Phi) is 4.06. The molecule has 1 unspecified atom stereocenters. The Morgan fingerprint density at radius 2 is 1.76 bits per heavy atom. The first kappa shape index (κ1) is 14.3. The van der Waals surface area contributed by atoms with E-state index in [1.54, 1.807) is 0 Å². The molecule has 2 nitrogen and oxygen atoms in total. The zero-order chi connectivity index (χ0) is 11.8. The molecule has 1 saturated heterocycles. The molecule has 0 aliphatic carbocycles. The number of benzene rings is 1. The average molecular weight is 268 g/mol. The lowest BCUT2D eigenvalue weighted by Gasteiger charge is -2.40. The summed E-state index contributed by atoms with van der Waals surface area (Å²) in [6, 6.07) is 4.56. The molecular weight excluding hydrogens is 255 g/mol. The molecule has 0 amide bonds. The van der Waals surface area contributed by atoms with Crippen LogP contribution in [0.15, 0.2) is 24.3 Å². The zero-order valence-electron chi connectivity index (χ0n) is 8.92. The fraction of sp³-hybridized carbons (Fsp3) is 0.455. The number of hydrogen-bond donors (Lipinski definition) is 2. The highest BCUT2D eigenvalue weighted by Crippen LogP contribution is 2.41. The summed E-state index contributed by atoms with van der Waals surface area (Å²) in [4.78, 5) is 0. The van der Waals surface area contributed by atoms with E-state index in [1.165, 1.54) is 12.1 Å². The van der Waals surface area contributed by atoms with Gasteiger partial charge < -0.3 is 10.4 Å². The predicted molar refractivity (Wildman–Crippen MR) is 60.0 cm³/mol. The Labute approximate surface area is 103 Å². The lowest BCUT2D eigenvalue weighted by atomic mass is 9.82. The molecule has 0 radical (unpaired) electrons. The van der Waals surface area contributed by atoms with Gasteiger partial charge in [-0.3, -0.25) is 0 Å². The van der Waals surface area contributed by atoms with E-state index in [9.17, 15) is 18.3 Å². The second kappa shape index (κ2) is 4.84. The van der Waals surface area contributed by atoms with Gasteiger partial charge in [-0.1, -0.05) is 12.1 Å². The lowest BCUT2D eigenvalue weighted by Crippen LogP contribution is -2.57. The van der Waals surface area contributed by atoms with Gasteiger partial charge in [0.1, 0.15) is 5.82 Å². The van der Waals surface area contributed by atoms with E-state index in [1.807, 2.05) is 0 Å². The van der Waals surface area contributed by atoms with Crippen LogP contribution in [0.3, 0.4) is 0 Å². The number of nitrogens with one attached hydrogen (secondary N) is 1. The second-order valence-electron chi connectivity index (χ2n) is 4.00. The highest BCUT2D eigenvalue weighted by molar-refractivity contribution is 5.85. The van der Waals surface area contributed by atoms with Crippen molar-refractivity contribution in [3.8, 4) is 0 Å². The van der Waals surface area contributed by atoms with Crippen LogP contribution in [0.5, 0.6) is 0 Å². The van der Waals surface area contributed by atoms with Crippen LogP contribution in [0.1, 0.15) is 12.0 Å². The third-order valence-corrected chi connectivity index (χ3v) is 2.94. The van der Waals surface area contributed by atoms with Gasteiger partial charge in [-0.2, -0.15) is 0 Å². The molecule has 0 saturated carbocycles. The maximum absolute atomic E-state index is 13.6. The molecule has 2 N–H and O–H groups in total. The first-order chi connectivity index (χ1) is 7.46. The molecular formula is C11H13ClF3NO. The van der Waals surface area contributed by atoms with Gasteiger partial charge in [0.05, 0.1) is 6.54 Å². The maximum Gasteiger partial charge on any atom is 0.292 e. The zero-order valence-corrected chi connectivity index (χ0v) is 9.74. The van der Waals surface area contributed by atoms with Crippen LogP contribution in [-0.2, 0) is 5.60 Å². The first-order valence-corrected chi connectivity index (χ1v) is 5.03. The molecule has 1 aromatic carbocycles. The molecule has 2 rings (SSSR count). The van der Waals surface area contributed by atoms with Crippen molar-refractivity contribution in [2.45, 2.75) is 17.9 Å². The monoisotopic (exact) mass is 267 g/mol. The highest BCUT2D eigenvalue weighted by atomic mass is 35.5. The summed E-state index contributed by atoms with van der Waals surface area (Å²) >= 11 is 0. The number of rotatable bonds is 1. The Balaban J connectivity index is 0.00000144. The van der Waals surface area contributed by atoms with Crippen LogP contribution in [0.25, 0.3) is 0 Å². The van der Waals surface area contributed by atoms with Gasteiger partial charge in [0, 0.05) is 0 Å². The van der Waals surface area contributed by atoms with Gasteiger partial charge in [-0.15, -0.1) is 12.4 Å². The summed E-state index contributed by atoms with van der Waals surface area (Å²) in [5.74, 6) is -3.76. The maximum atomic E-state index is 13.6. The third-order valence-electron chi connectivity index (χ3n) is 2.94. The van der Waals surface area contributed by atoms with Gasteiger partial charge in [-0.25, -0.2) is 13.2 Å². The minimum absolute atomic E-state index is 0. The van der Waals surface area contributed by atoms with Gasteiger partial charge in [0.15, 0.2) is 5.60 Å². The van der Waals surface area contributed by atoms with Crippen molar-refractivity contribution in [3.05, 3.63) is 35.6 Å². The highest BCUT2D eigenvalue weighted by Gasteiger charge is 2.54. The third kappa shape index (κ3) is 2.41. The molecule has 96 valence electrons. The van der Waals surface area contributed by atoms with Gasteiger partial charge >= 0.3 is 0 Å². The fourth-order valence-electron chi connectivity index (χ4n) is 1.92.